The SMILES string of the molecule is CN1CCN(CC(=O)N2N=C(c3ccc(F)cc3)C[C@@H]2c2ccc3c(c2)OCO3)CC1. The molecule has 5 rings (SSSR count). The molecule has 1 saturated heterocycles. The summed E-state index contributed by atoms with van der Waals surface area (Å²) in [5, 5.41) is 6.28. The molecule has 0 aliphatic carbocycles. The number of hydrogen-bond acceptors (Lipinski definition) is 6. The Hall–Kier alpha value is -2.97. The van der Waals surface area contributed by atoms with Crippen molar-refractivity contribution in [3.8, 4) is 11.5 Å². The molecular weight excluding hydrogens is 399 g/mol. The lowest BCUT2D eigenvalue weighted by molar-refractivity contribution is -0.134. The number of piperazine rings is 1. The predicted molar refractivity (Wildman–Crippen MR) is 114 cm³/mol. The van der Waals surface area contributed by atoms with Crippen LogP contribution in [-0.2, 0) is 4.79 Å². The average molecular weight is 424 g/mol. The Bertz CT molecular complexity index is 1000. The van der Waals surface area contributed by atoms with Crippen molar-refractivity contribution in [1.82, 2.24) is 14.8 Å². The highest BCUT2D eigenvalue weighted by atomic mass is 19.1. The maximum Gasteiger partial charge on any atom is 0.257 e. The number of likely N-dealkylation sites (N-methyl/N-ethyl adjacent to an activating group) is 1. The molecular formula is C23H25FN4O3. The third-order valence-corrected chi connectivity index (χ3v) is 6.08. The maximum absolute atomic E-state index is 13.4. The van der Waals surface area contributed by atoms with Gasteiger partial charge in [-0.25, -0.2) is 9.40 Å². The summed E-state index contributed by atoms with van der Waals surface area (Å²) in [6.45, 7) is 4.15. The van der Waals surface area contributed by atoms with Gasteiger partial charge in [-0.3, -0.25) is 9.69 Å². The Labute approximate surface area is 180 Å². The molecule has 0 aromatic heterocycles. The first-order valence-corrected chi connectivity index (χ1v) is 10.5. The van der Waals surface area contributed by atoms with E-state index in [0.29, 0.717) is 24.5 Å². The fourth-order valence-electron chi connectivity index (χ4n) is 4.21. The first-order valence-electron chi connectivity index (χ1n) is 10.5. The third-order valence-electron chi connectivity index (χ3n) is 6.08. The molecule has 7 nitrogen and oxygen atoms in total. The van der Waals surface area contributed by atoms with E-state index in [9.17, 15) is 9.18 Å². The first kappa shape index (κ1) is 20.0. The summed E-state index contributed by atoms with van der Waals surface area (Å²) in [5.41, 5.74) is 2.54. The van der Waals surface area contributed by atoms with E-state index in [4.69, 9.17) is 9.47 Å². The van der Waals surface area contributed by atoms with Gasteiger partial charge in [-0.05, 0) is 42.4 Å². The summed E-state index contributed by atoms with van der Waals surface area (Å²) in [7, 11) is 2.09. The van der Waals surface area contributed by atoms with E-state index in [-0.39, 0.29) is 24.6 Å². The van der Waals surface area contributed by atoms with Crippen LogP contribution in [0, 0.1) is 5.82 Å². The topological polar surface area (TPSA) is 57.6 Å². The van der Waals surface area contributed by atoms with Crippen LogP contribution in [0.5, 0.6) is 11.5 Å². The molecule has 0 spiro atoms. The number of amides is 1. The van der Waals surface area contributed by atoms with Crippen molar-refractivity contribution in [3.63, 3.8) is 0 Å². The fraction of sp³-hybridized carbons (Fsp3) is 0.391. The number of halogens is 1. The molecule has 8 heteroatoms. The molecule has 3 aliphatic rings. The molecule has 2 aromatic rings. The summed E-state index contributed by atoms with van der Waals surface area (Å²) in [4.78, 5) is 17.7. The highest BCUT2D eigenvalue weighted by Gasteiger charge is 2.35. The Morgan fingerprint density at radius 3 is 2.58 bits per heavy atom. The summed E-state index contributed by atoms with van der Waals surface area (Å²) in [5.74, 6) is 1.05. The van der Waals surface area contributed by atoms with E-state index >= 15 is 0 Å². The van der Waals surface area contributed by atoms with Crippen molar-refractivity contribution in [1.29, 1.82) is 0 Å². The van der Waals surface area contributed by atoms with Crippen molar-refractivity contribution in [2.75, 3.05) is 46.6 Å². The number of fused-ring (bicyclic) bond motifs is 1. The zero-order chi connectivity index (χ0) is 21.4. The molecule has 0 bridgehead atoms. The molecule has 3 heterocycles. The van der Waals surface area contributed by atoms with E-state index in [2.05, 4.69) is 21.9 Å². The minimum Gasteiger partial charge on any atom is -0.454 e. The van der Waals surface area contributed by atoms with Gasteiger partial charge in [0.05, 0.1) is 18.3 Å². The molecule has 0 saturated carbocycles. The number of nitrogens with zero attached hydrogens (tertiary/aromatic N) is 4. The smallest absolute Gasteiger partial charge is 0.257 e. The normalized spacial score (nSPS) is 21.4. The van der Waals surface area contributed by atoms with Gasteiger partial charge in [0.2, 0.25) is 6.79 Å². The number of hydrazone groups is 1. The molecule has 0 radical (unpaired) electrons. The van der Waals surface area contributed by atoms with Crippen LogP contribution in [0.25, 0.3) is 0 Å². The standard InChI is InChI=1S/C23H25FN4O3/c1-26-8-10-27(11-9-26)14-23(29)28-20(17-4-7-21-22(12-17)31-15-30-21)13-19(25-28)16-2-5-18(24)6-3-16/h2-7,12,20H,8-11,13-15H2,1H3/t20-/m1/s1. The van der Waals surface area contributed by atoms with E-state index < -0.39 is 0 Å². The predicted octanol–water partition coefficient (Wildman–Crippen LogP) is 2.48. The van der Waals surface area contributed by atoms with E-state index in [1.807, 2.05) is 18.2 Å². The minimum absolute atomic E-state index is 0.0377. The molecule has 2 aromatic carbocycles. The van der Waals surface area contributed by atoms with Crippen LogP contribution in [-0.4, -0.2) is 73.0 Å². The largest absolute Gasteiger partial charge is 0.454 e. The second-order valence-corrected chi connectivity index (χ2v) is 8.20. The average Bonchev–Trinajstić information content (AvgIpc) is 3.42. The second-order valence-electron chi connectivity index (χ2n) is 8.20. The lowest BCUT2D eigenvalue weighted by Crippen LogP contribution is -2.48. The zero-order valence-corrected chi connectivity index (χ0v) is 17.5. The van der Waals surface area contributed by atoms with Gasteiger partial charge in [-0.1, -0.05) is 18.2 Å². The van der Waals surface area contributed by atoms with E-state index in [0.717, 1.165) is 43.0 Å². The number of ether oxygens (including phenoxy) is 2. The monoisotopic (exact) mass is 424 g/mol. The van der Waals surface area contributed by atoms with Crippen LogP contribution in [0.1, 0.15) is 23.6 Å². The Balaban J connectivity index is 1.41. The number of carbonyl (C=O) groups excluding carboxylic acids is 1. The van der Waals surface area contributed by atoms with E-state index in [1.165, 1.54) is 12.1 Å². The van der Waals surface area contributed by atoms with Gasteiger partial charge in [0, 0.05) is 32.6 Å². The van der Waals surface area contributed by atoms with Crippen LogP contribution >= 0.6 is 0 Å². The number of hydrogen-bond donors (Lipinski definition) is 0. The third kappa shape index (κ3) is 4.13. The van der Waals surface area contributed by atoms with Crippen LogP contribution in [0.2, 0.25) is 0 Å². The van der Waals surface area contributed by atoms with Crippen molar-refractivity contribution in [2.24, 2.45) is 5.10 Å². The van der Waals surface area contributed by atoms with Crippen molar-refractivity contribution >= 4 is 11.6 Å². The molecule has 0 N–H and O–H groups in total. The summed E-state index contributed by atoms with van der Waals surface area (Å²) in [6.07, 6.45) is 0.555. The number of carbonyl (C=O) groups is 1. The fourth-order valence-corrected chi connectivity index (χ4v) is 4.21. The molecule has 1 fully saturated rings. The van der Waals surface area contributed by atoms with Crippen LogP contribution in [0.3, 0.4) is 0 Å². The first-order chi connectivity index (χ1) is 15.1. The van der Waals surface area contributed by atoms with Crippen molar-refractivity contribution in [2.45, 2.75) is 12.5 Å². The molecule has 162 valence electrons. The lowest BCUT2D eigenvalue weighted by Gasteiger charge is -2.33. The Morgan fingerprint density at radius 2 is 1.81 bits per heavy atom. The van der Waals surface area contributed by atoms with Crippen LogP contribution < -0.4 is 9.47 Å². The van der Waals surface area contributed by atoms with Gasteiger partial charge in [-0.15, -0.1) is 0 Å². The van der Waals surface area contributed by atoms with Crippen LogP contribution in [0.15, 0.2) is 47.6 Å². The van der Waals surface area contributed by atoms with Crippen molar-refractivity contribution in [3.05, 3.63) is 59.4 Å². The molecule has 1 atom stereocenters. The summed E-state index contributed by atoms with van der Waals surface area (Å²) < 4.78 is 24.4. The lowest BCUT2D eigenvalue weighted by atomic mass is 9.98. The second kappa shape index (κ2) is 8.28. The molecule has 0 unspecified atom stereocenters. The van der Waals surface area contributed by atoms with E-state index in [1.54, 1.807) is 17.1 Å². The minimum atomic E-state index is -0.294. The molecule has 31 heavy (non-hydrogen) atoms. The Kier molecular flexibility index (Phi) is 5.33. The molecule has 3 aliphatic heterocycles. The van der Waals surface area contributed by atoms with Gasteiger partial charge in [-0.2, -0.15) is 5.10 Å². The van der Waals surface area contributed by atoms with Gasteiger partial charge >= 0.3 is 0 Å². The summed E-state index contributed by atoms with van der Waals surface area (Å²) >= 11 is 0. The number of benzene rings is 2. The zero-order valence-electron chi connectivity index (χ0n) is 17.5. The summed E-state index contributed by atoms with van der Waals surface area (Å²) in [6, 6.07) is 11.8. The quantitative estimate of drug-likeness (QED) is 0.755. The van der Waals surface area contributed by atoms with Crippen LogP contribution in [0.4, 0.5) is 4.39 Å². The molecule has 1 amide bonds. The van der Waals surface area contributed by atoms with Gasteiger partial charge in [0.15, 0.2) is 11.5 Å². The number of rotatable bonds is 4. The highest BCUT2D eigenvalue weighted by molar-refractivity contribution is 6.03. The maximum atomic E-state index is 13.4. The van der Waals surface area contributed by atoms with Gasteiger partial charge < -0.3 is 14.4 Å². The Morgan fingerprint density at radius 1 is 1.06 bits per heavy atom. The highest BCUT2D eigenvalue weighted by Crippen LogP contribution is 2.39. The van der Waals surface area contributed by atoms with Gasteiger partial charge in [0.1, 0.15) is 5.82 Å². The van der Waals surface area contributed by atoms with Crippen molar-refractivity contribution < 1.29 is 18.7 Å². The van der Waals surface area contributed by atoms with Gasteiger partial charge in [0.25, 0.3) is 5.91 Å².